The zero-order valence-electron chi connectivity index (χ0n) is 10.7. The van der Waals surface area contributed by atoms with Gasteiger partial charge in [0.1, 0.15) is 11.6 Å². The zero-order chi connectivity index (χ0) is 14.0. The molecular weight excluding hydrogens is 316 g/mol. The van der Waals surface area contributed by atoms with Crippen molar-refractivity contribution in [2.45, 2.75) is 20.0 Å². The van der Waals surface area contributed by atoms with Gasteiger partial charge >= 0.3 is 0 Å². The highest BCUT2D eigenvalue weighted by Crippen LogP contribution is 2.21. The van der Waals surface area contributed by atoms with Gasteiger partial charge < -0.3 is 5.32 Å². The molecule has 0 aliphatic heterocycles. The fraction of sp³-hybridized carbons (Fsp3) is 0.308. The van der Waals surface area contributed by atoms with E-state index in [-0.39, 0.29) is 16.6 Å². The third-order valence-electron chi connectivity index (χ3n) is 2.87. The number of nitrogens with one attached hydrogen (secondary N) is 1. The Morgan fingerprint density at radius 2 is 2.05 bits per heavy atom. The summed E-state index contributed by atoms with van der Waals surface area (Å²) in [6, 6.07) is 2.61. The molecule has 0 aliphatic rings. The molecule has 6 heteroatoms. The van der Waals surface area contributed by atoms with E-state index in [1.807, 2.05) is 20.2 Å². The predicted octanol–water partition coefficient (Wildman–Crippen LogP) is 3.06. The van der Waals surface area contributed by atoms with Crippen molar-refractivity contribution in [3.05, 3.63) is 51.3 Å². The second-order valence-corrected chi connectivity index (χ2v) is 5.19. The molecule has 0 fully saturated rings. The summed E-state index contributed by atoms with van der Waals surface area (Å²) in [7, 11) is 1.84. The number of aryl methyl sites for hydroxylation is 2. The normalized spacial score (nSPS) is 11.0. The molecule has 1 heterocycles. The Kier molecular flexibility index (Phi) is 4.31. The lowest BCUT2D eigenvalue weighted by molar-refractivity contribution is 0.531. The molecule has 0 unspecified atom stereocenters. The maximum Gasteiger partial charge on any atom is 0.144 e. The van der Waals surface area contributed by atoms with E-state index in [0.717, 1.165) is 11.3 Å². The lowest BCUT2D eigenvalue weighted by atomic mass is 10.2. The number of benzene rings is 1. The molecule has 1 aromatic carbocycles. The Labute approximate surface area is 118 Å². The van der Waals surface area contributed by atoms with Crippen molar-refractivity contribution in [2.75, 3.05) is 0 Å². The summed E-state index contributed by atoms with van der Waals surface area (Å²) in [5, 5.41) is 7.23. The van der Waals surface area contributed by atoms with E-state index < -0.39 is 11.6 Å². The van der Waals surface area contributed by atoms with Gasteiger partial charge in [-0.2, -0.15) is 5.10 Å². The maximum atomic E-state index is 13.7. The molecule has 1 N–H and O–H groups in total. The van der Waals surface area contributed by atoms with Gasteiger partial charge in [0.25, 0.3) is 0 Å². The molecule has 0 aliphatic carbocycles. The van der Waals surface area contributed by atoms with Gasteiger partial charge in [0.15, 0.2) is 0 Å². The van der Waals surface area contributed by atoms with Crippen LogP contribution in [0.5, 0.6) is 0 Å². The third-order valence-corrected chi connectivity index (χ3v) is 3.48. The van der Waals surface area contributed by atoms with Crippen LogP contribution in [0.25, 0.3) is 0 Å². The van der Waals surface area contributed by atoms with Gasteiger partial charge in [0.2, 0.25) is 0 Å². The maximum absolute atomic E-state index is 13.7. The highest BCUT2D eigenvalue weighted by Gasteiger charge is 2.12. The van der Waals surface area contributed by atoms with Crippen LogP contribution in [0, 0.1) is 18.6 Å². The molecular formula is C13H14BrF2N3. The molecule has 0 radical (unpaired) electrons. The Bertz CT molecular complexity index is 596. The van der Waals surface area contributed by atoms with Crippen molar-refractivity contribution >= 4 is 15.9 Å². The van der Waals surface area contributed by atoms with Crippen LogP contribution in [-0.2, 0) is 20.1 Å². The summed E-state index contributed by atoms with van der Waals surface area (Å²) in [5.74, 6) is -1.11. The van der Waals surface area contributed by atoms with E-state index in [1.165, 1.54) is 12.1 Å². The molecule has 0 bridgehead atoms. The number of halogens is 3. The van der Waals surface area contributed by atoms with E-state index in [4.69, 9.17) is 0 Å². The second-order valence-electron chi connectivity index (χ2n) is 4.34. The monoisotopic (exact) mass is 329 g/mol. The fourth-order valence-electron chi connectivity index (χ4n) is 1.88. The van der Waals surface area contributed by atoms with Crippen LogP contribution in [0.3, 0.4) is 0 Å². The summed E-state index contributed by atoms with van der Waals surface area (Å²) in [5.41, 5.74) is 1.96. The molecule has 102 valence electrons. The highest BCUT2D eigenvalue weighted by molar-refractivity contribution is 9.10. The van der Waals surface area contributed by atoms with Crippen LogP contribution in [0.2, 0.25) is 0 Å². The number of aromatic nitrogens is 2. The zero-order valence-corrected chi connectivity index (χ0v) is 12.3. The average molecular weight is 330 g/mol. The summed E-state index contributed by atoms with van der Waals surface area (Å²) < 4.78 is 29.2. The van der Waals surface area contributed by atoms with E-state index in [9.17, 15) is 8.78 Å². The quantitative estimate of drug-likeness (QED) is 0.874. The van der Waals surface area contributed by atoms with Crippen LogP contribution in [0.1, 0.15) is 16.8 Å². The standard InChI is InChI=1S/C13H14BrF2N3/c1-8-9(7-19(2)18-8)5-17-6-10-12(15)4-3-11(14)13(10)16/h3-4,7,17H,5-6H2,1-2H3. The Hall–Kier alpha value is -1.27. The van der Waals surface area contributed by atoms with Crippen LogP contribution in [0.15, 0.2) is 22.8 Å². The van der Waals surface area contributed by atoms with Crippen LogP contribution in [-0.4, -0.2) is 9.78 Å². The lowest BCUT2D eigenvalue weighted by Crippen LogP contribution is -2.15. The molecule has 19 heavy (non-hydrogen) atoms. The number of hydrogen-bond donors (Lipinski definition) is 1. The molecule has 0 amide bonds. The Morgan fingerprint density at radius 1 is 1.32 bits per heavy atom. The van der Waals surface area contributed by atoms with Gasteiger partial charge in [-0.1, -0.05) is 0 Å². The lowest BCUT2D eigenvalue weighted by Gasteiger charge is -2.08. The van der Waals surface area contributed by atoms with Crippen LogP contribution < -0.4 is 5.32 Å². The van der Waals surface area contributed by atoms with E-state index in [2.05, 4.69) is 26.3 Å². The van der Waals surface area contributed by atoms with Gasteiger partial charge in [0, 0.05) is 37.5 Å². The average Bonchev–Trinajstić information content (AvgIpc) is 2.67. The minimum Gasteiger partial charge on any atom is -0.308 e. The van der Waals surface area contributed by atoms with Crippen molar-refractivity contribution in [1.82, 2.24) is 15.1 Å². The van der Waals surface area contributed by atoms with Crippen LogP contribution in [0.4, 0.5) is 8.78 Å². The Balaban J connectivity index is 2.04. The van der Waals surface area contributed by atoms with E-state index in [0.29, 0.717) is 6.54 Å². The predicted molar refractivity (Wildman–Crippen MR) is 72.5 cm³/mol. The first-order valence-corrected chi connectivity index (χ1v) is 6.60. The van der Waals surface area contributed by atoms with Crippen LogP contribution >= 0.6 is 15.9 Å². The number of rotatable bonds is 4. The number of nitrogens with zero attached hydrogens (tertiary/aromatic N) is 2. The molecule has 0 atom stereocenters. The molecule has 0 saturated heterocycles. The summed E-state index contributed by atoms with van der Waals surface area (Å²) in [4.78, 5) is 0. The largest absolute Gasteiger partial charge is 0.308 e. The molecule has 2 rings (SSSR count). The van der Waals surface area contributed by atoms with E-state index >= 15 is 0 Å². The van der Waals surface area contributed by atoms with Crippen molar-refractivity contribution in [3.8, 4) is 0 Å². The van der Waals surface area contributed by atoms with Crippen molar-refractivity contribution < 1.29 is 8.78 Å². The third kappa shape index (κ3) is 3.19. The number of hydrogen-bond acceptors (Lipinski definition) is 2. The van der Waals surface area contributed by atoms with Gasteiger partial charge in [0.05, 0.1) is 10.2 Å². The van der Waals surface area contributed by atoms with Gasteiger partial charge in [-0.25, -0.2) is 8.78 Å². The first-order valence-electron chi connectivity index (χ1n) is 5.81. The SMILES string of the molecule is Cc1nn(C)cc1CNCc1c(F)ccc(Br)c1F. The minimum absolute atomic E-state index is 0.0379. The fourth-order valence-corrected chi connectivity index (χ4v) is 2.25. The van der Waals surface area contributed by atoms with Crippen molar-refractivity contribution in [1.29, 1.82) is 0 Å². The van der Waals surface area contributed by atoms with Gasteiger partial charge in [-0.15, -0.1) is 0 Å². The first kappa shape index (κ1) is 14.1. The van der Waals surface area contributed by atoms with Crippen molar-refractivity contribution in [2.24, 2.45) is 7.05 Å². The van der Waals surface area contributed by atoms with Gasteiger partial charge in [-0.3, -0.25) is 4.68 Å². The smallest absolute Gasteiger partial charge is 0.144 e. The summed E-state index contributed by atoms with van der Waals surface area (Å²) >= 11 is 3.05. The topological polar surface area (TPSA) is 29.9 Å². The van der Waals surface area contributed by atoms with E-state index in [1.54, 1.807) is 4.68 Å². The first-order chi connectivity index (χ1) is 8.99. The molecule has 1 aromatic heterocycles. The highest BCUT2D eigenvalue weighted by atomic mass is 79.9. The van der Waals surface area contributed by atoms with Crippen molar-refractivity contribution in [3.63, 3.8) is 0 Å². The second kappa shape index (κ2) is 5.79. The summed E-state index contributed by atoms with van der Waals surface area (Å²) in [6.07, 6.45) is 1.88. The van der Waals surface area contributed by atoms with Gasteiger partial charge in [-0.05, 0) is 35.0 Å². The summed E-state index contributed by atoms with van der Waals surface area (Å²) in [6.45, 7) is 2.55. The molecule has 3 nitrogen and oxygen atoms in total. The molecule has 0 spiro atoms. The minimum atomic E-state index is -0.560. The molecule has 2 aromatic rings. The molecule has 0 saturated carbocycles. The Morgan fingerprint density at radius 3 is 2.68 bits per heavy atom.